The van der Waals surface area contributed by atoms with E-state index in [1.165, 1.54) is 173 Å². The highest BCUT2D eigenvalue weighted by Gasteiger charge is 2.18. The molecule has 0 aliphatic carbocycles. The first-order valence-corrected chi connectivity index (χ1v) is 19.7. The van der Waals surface area contributed by atoms with Crippen molar-refractivity contribution in [3.8, 4) is 0 Å². The molecule has 3 unspecified atom stereocenters. The molecule has 0 radical (unpaired) electrons. The maximum absolute atomic E-state index is 2.67. The molecule has 0 spiro atoms. The van der Waals surface area contributed by atoms with Crippen LogP contribution in [0.15, 0.2) is 18.2 Å². The summed E-state index contributed by atoms with van der Waals surface area (Å²) in [5.74, 6) is 2.07. The lowest BCUT2D eigenvalue weighted by Gasteiger charge is -2.24. The Balaban J connectivity index is 2.66. The van der Waals surface area contributed by atoms with Gasteiger partial charge in [-0.1, -0.05) is 214 Å². The van der Waals surface area contributed by atoms with Gasteiger partial charge in [0.05, 0.1) is 0 Å². The van der Waals surface area contributed by atoms with E-state index in [0.717, 1.165) is 0 Å². The normalized spacial score (nSPS) is 13.9. The Morgan fingerprint density at radius 2 is 0.667 bits per heavy atom. The molecule has 1 rings (SSSR count). The van der Waals surface area contributed by atoms with Gasteiger partial charge in [-0.25, -0.2) is 0 Å². The van der Waals surface area contributed by atoms with Crippen LogP contribution < -0.4 is 0 Å². The van der Waals surface area contributed by atoms with Crippen molar-refractivity contribution in [2.45, 2.75) is 233 Å². The van der Waals surface area contributed by atoms with E-state index in [1.807, 2.05) is 0 Å². The van der Waals surface area contributed by atoms with Crippen LogP contribution in [0.25, 0.3) is 0 Å². The first kappa shape index (κ1) is 39.2. The van der Waals surface area contributed by atoms with Gasteiger partial charge in [-0.2, -0.15) is 0 Å². The van der Waals surface area contributed by atoms with Crippen LogP contribution in [0.3, 0.4) is 0 Å². The van der Waals surface area contributed by atoms with Gasteiger partial charge in [0.15, 0.2) is 0 Å². The van der Waals surface area contributed by atoms with Crippen LogP contribution in [0.4, 0.5) is 0 Å². The fraction of sp³-hybridized carbons (Fsp3) is 0.857. The summed E-state index contributed by atoms with van der Waals surface area (Å²) >= 11 is 0. The van der Waals surface area contributed by atoms with Gasteiger partial charge < -0.3 is 0 Å². The number of unbranched alkanes of at least 4 members (excludes halogenated alkanes) is 21. The molecule has 0 aromatic heterocycles. The minimum Gasteiger partial charge on any atom is -0.0654 e. The summed E-state index contributed by atoms with van der Waals surface area (Å²) in [6.45, 7) is 14.5. The van der Waals surface area contributed by atoms with Gasteiger partial charge in [-0.3, -0.25) is 0 Å². The van der Waals surface area contributed by atoms with Gasteiger partial charge in [0.2, 0.25) is 0 Å². The number of rotatable bonds is 30. The quantitative estimate of drug-likeness (QED) is 0.0791. The third-order valence-corrected chi connectivity index (χ3v) is 10.2. The van der Waals surface area contributed by atoms with E-state index in [4.69, 9.17) is 0 Å². The van der Waals surface area contributed by atoms with Crippen LogP contribution in [0.2, 0.25) is 0 Å². The largest absolute Gasteiger partial charge is 0.0654 e. The molecule has 0 heteroatoms. The van der Waals surface area contributed by atoms with Crippen molar-refractivity contribution in [3.05, 3.63) is 34.9 Å². The summed E-state index contributed by atoms with van der Waals surface area (Å²) in [6.07, 6.45) is 38.2. The van der Waals surface area contributed by atoms with Crippen molar-refractivity contribution in [2.24, 2.45) is 0 Å². The van der Waals surface area contributed by atoms with Crippen LogP contribution in [0.5, 0.6) is 0 Å². The number of hydrogen-bond donors (Lipinski definition) is 0. The highest BCUT2D eigenvalue weighted by atomic mass is 14.2. The van der Waals surface area contributed by atoms with Crippen LogP contribution in [-0.4, -0.2) is 0 Å². The van der Waals surface area contributed by atoms with Gasteiger partial charge in [0, 0.05) is 0 Å². The minimum atomic E-state index is 0.691. The summed E-state index contributed by atoms with van der Waals surface area (Å²) in [7, 11) is 0. The minimum absolute atomic E-state index is 0.691. The lowest BCUT2D eigenvalue weighted by molar-refractivity contribution is 0.528. The molecule has 0 saturated carbocycles. The summed E-state index contributed by atoms with van der Waals surface area (Å²) in [5.41, 5.74) is 4.98. The molecule has 42 heavy (non-hydrogen) atoms. The van der Waals surface area contributed by atoms with E-state index in [1.54, 1.807) is 16.7 Å². The molecule has 0 saturated heterocycles. The molecule has 0 N–H and O–H groups in total. The molecular weight excluding hydrogens is 504 g/mol. The average molecular weight is 583 g/mol. The molecule has 0 nitrogen and oxygen atoms in total. The van der Waals surface area contributed by atoms with Crippen molar-refractivity contribution in [2.75, 3.05) is 0 Å². The molecule has 0 fully saturated rings. The van der Waals surface area contributed by atoms with E-state index >= 15 is 0 Å². The second-order valence-electron chi connectivity index (χ2n) is 14.4. The first-order valence-electron chi connectivity index (χ1n) is 19.7. The highest BCUT2D eigenvalue weighted by molar-refractivity contribution is 5.38. The molecule has 0 amide bonds. The van der Waals surface area contributed by atoms with Gasteiger partial charge in [0.25, 0.3) is 0 Å². The predicted octanol–water partition coefficient (Wildman–Crippen LogP) is 15.6. The Morgan fingerprint density at radius 3 is 1.05 bits per heavy atom. The van der Waals surface area contributed by atoms with Crippen molar-refractivity contribution in [3.63, 3.8) is 0 Å². The zero-order valence-electron chi connectivity index (χ0n) is 30.1. The van der Waals surface area contributed by atoms with Crippen LogP contribution in [-0.2, 0) is 0 Å². The van der Waals surface area contributed by atoms with Crippen LogP contribution in [0, 0.1) is 0 Å². The average Bonchev–Trinajstić information content (AvgIpc) is 3.00. The molecule has 246 valence electrons. The maximum atomic E-state index is 2.67. The van der Waals surface area contributed by atoms with Crippen molar-refractivity contribution in [1.82, 2.24) is 0 Å². The van der Waals surface area contributed by atoms with E-state index in [2.05, 4.69) is 59.7 Å². The SMILES string of the molecule is CCCCCCCCCCC(C)c1ccc(C(C)CCCCCCCCCC)c(C(C)CCCCCCCCCC)c1. The van der Waals surface area contributed by atoms with E-state index in [-0.39, 0.29) is 0 Å². The van der Waals surface area contributed by atoms with Crippen LogP contribution in [0.1, 0.15) is 249 Å². The second kappa shape index (κ2) is 27.7. The number of benzene rings is 1. The number of hydrogen-bond acceptors (Lipinski definition) is 0. The van der Waals surface area contributed by atoms with Gasteiger partial charge in [0.1, 0.15) is 0 Å². The Kier molecular flexibility index (Phi) is 25.9. The zero-order valence-corrected chi connectivity index (χ0v) is 30.1. The lowest BCUT2D eigenvalue weighted by atomic mass is 9.81. The van der Waals surface area contributed by atoms with Crippen molar-refractivity contribution in [1.29, 1.82) is 0 Å². The third kappa shape index (κ3) is 19.5. The van der Waals surface area contributed by atoms with E-state index < -0.39 is 0 Å². The summed E-state index contributed by atoms with van der Waals surface area (Å²) in [5, 5.41) is 0. The van der Waals surface area contributed by atoms with Crippen molar-refractivity contribution < 1.29 is 0 Å². The molecule has 0 aliphatic heterocycles. The Morgan fingerprint density at radius 1 is 0.357 bits per heavy atom. The van der Waals surface area contributed by atoms with E-state index in [0.29, 0.717) is 17.8 Å². The van der Waals surface area contributed by atoms with Gasteiger partial charge in [-0.05, 0) is 53.7 Å². The monoisotopic (exact) mass is 583 g/mol. The Labute approximate surface area is 267 Å². The molecule has 1 aromatic rings. The van der Waals surface area contributed by atoms with Gasteiger partial charge in [-0.15, -0.1) is 0 Å². The topological polar surface area (TPSA) is 0 Å². The summed E-state index contributed by atoms with van der Waals surface area (Å²) in [4.78, 5) is 0. The molecule has 0 bridgehead atoms. The lowest BCUT2D eigenvalue weighted by Crippen LogP contribution is -2.06. The fourth-order valence-corrected chi connectivity index (χ4v) is 7.01. The molecule has 1 aromatic carbocycles. The fourth-order valence-electron chi connectivity index (χ4n) is 7.01. The summed E-state index contributed by atoms with van der Waals surface area (Å²) in [6, 6.07) is 7.75. The standard InChI is InChI=1S/C42H78/c1-7-10-13-16-19-22-25-28-31-37(4)40-34-35-41(38(5)32-29-26-23-20-17-14-11-8-2)42(36-40)39(6)33-30-27-24-21-18-15-12-9-3/h34-39H,7-33H2,1-6H3. The summed E-state index contributed by atoms with van der Waals surface area (Å²) < 4.78 is 0. The predicted molar refractivity (Wildman–Crippen MR) is 193 cm³/mol. The smallest absolute Gasteiger partial charge is 0.0187 e. The highest BCUT2D eigenvalue weighted by Crippen LogP contribution is 2.35. The van der Waals surface area contributed by atoms with Crippen molar-refractivity contribution >= 4 is 0 Å². The van der Waals surface area contributed by atoms with Crippen LogP contribution >= 0.6 is 0 Å². The molecule has 0 aliphatic rings. The first-order chi connectivity index (χ1) is 20.5. The molecule has 0 heterocycles. The maximum Gasteiger partial charge on any atom is -0.0187 e. The zero-order chi connectivity index (χ0) is 30.7. The Hall–Kier alpha value is -0.780. The van der Waals surface area contributed by atoms with E-state index in [9.17, 15) is 0 Å². The molecular formula is C42H78. The Bertz CT molecular complexity index is 702. The molecule has 3 atom stereocenters. The second-order valence-corrected chi connectivity index (χ2v) is 14.4. The third-order valence-electron chi connectivity index (χ3n) is 10.2. The van der Waals surface area contributed by atoms with Gasteiger partial charge >= 0.3 is 0 Å².